The first-order valence-electron chi connectivity index (χ1n) is 11.3. The van der Waals surface area contributed by atoms with Gasteiger partial charge in [0.05, 0.1) is 15.5 Å². The Hall–Kier alpha value is -4.15. The van der Waals surface area contributed by atoms with E-state index in [-0.39, 0.29) is 9.79 Å². The van der Waals surface area contributed by atoms with Crippen LogP contribution in [0.1, 0.15) is 11.1 Å². The highest BCUT2D eigenvalue weighted by molar-refractivity contribution is 7.93. The van der Waals surface area contributed by atoms with Crippen LogP contribution in [0.5, 0.6) is 0 Å². The molecule has 0 aliphatic carbocycles. The highest BCUT2D eigenvalue weighted by Gasteiger charge is 2.17. The van der Waals surface area contributed by atoms with E-state index in [1.54, 1.807) is 66.7 Å². The number of benzene rings is 4. The van der Waals surface area contributed by atoms with Gasteiger partial charge in [-0.1, -0.05) is 24.3 Å². The lowest BCUT2D eigenvalue weighted by molar-refractivity contribution is 0.599. The summed E-state index contributed by atoms with van der Waals surface area (Å²) >= 11 is 0. The molecule has 188 valence electrons. The fraction of sp³-hybridized carbons (Fsp3) is 0.0741. The largest absolute Gasteiger partial charge is 0.436 e. The Morgan fingerprint density at radius 1 is 0.649 bits per heavy atom. The third-order valence-corrected chi connectivity index (χ3v) is 8.38. The van der Waals surface area contributed by atoms with Gasteiger partial charge in [0, 0.05) is 11.3 Å². The van der Waals surface area contributed by atoms with Crippen LogP contribution < -0.4 is 9.44 Å². The lowest BCUT2D eigenvalue weighted by atomic mass is 10.2. The topological polar surface area (TPSA) is 118 Å². The van der Waals surface area contributed by atoms with E-state index < -0.39 is 20.0 Å². The molecule has 0 saturated heterocycles. The Kier molecular flexibility index (Phi) is 6.22. The number of aromatic nitrogens is 1. The number of oxazole rings is 1. The lowest BCUT2D eigenvalue weighted by Gasteiger charge is -2.09. The van der Waals surface area contributed by atoms with Crippen molar-refractivity contribution < 1.29 is 21.3 Å². The second-order valence-electron chi connectivity index (χ2n) is 8.62. The zero-order chi connectivity index (χ0) is 26.2. The Labute approximate surface area is 215 Å². The lowest BCUT2D eigenvalue weighted by Crippen LogP contribution is -2.12. The van der Waals surface area contributed by atoms with Crippen LogP contribution in [0.15, 0.2) is 105 Å². The summed E-state index contributed by atoms with van der Waals surface area (Å²) in [6, 6.07) is 24.8. The number of hydrogen-bond acceptors (Lipinski definition) is 6. The maximum absolute atomic E-state index is 12.8. The van der Waals surface area contributed by atoms with E-state index in [4.69, 9.17) is 4.42 Å². The molecular weight excluding hydrogens is 510 g/mol. The van der Waals surface area contributed by atoms with Crippen molar-refractivity contribution in [2.45, 2.75) is 23.6 Å². The van der Waals surface area contributed by atoms with Gasteiger partial charge in [0.15, 0.2) is 5.58 Å². The molecule has 37 heavy (non-hydrogen) atoms. The van der Waals surface area contributed by atoms with Gasteiger partial charge in [0.25, 0.3) is 20.0 Å². The molecular formula is C27H23N3O5S2. The first-order chi connectivity index (χ1) is 17.6. The smallest absolute Gasteiger partial charge is 0.261 e. The van der Waals surface area contributed by atoms with E-state index in [1.807, 2.05) is 26.0 Å². The van der Waals surface area contributed by atoms with E-state index >= 15 is 0 Å². The molecule has 0 radical (unpaired) electrons. The molecule has 5 aromatic rings. The summed E-state index contributed by atoms with van der Waals surface area (Å²) in [5.74, 6) is 0.321. The Balaban J connectivity index is 1.35. The number of nitrogens with one attached hydrogen (secondary N) is 2. The second kappa shape index (κ2) is 9.38. The number of rotatable bonds is 7. The molecule has 0 unspecified atom stereocenters. The third kappa shape index (κ3) is 5.35. The van der Waals surface area contributed by atoms with Crippen molar-refractivity contribution in [1.82, 2.24) is 4.98 Å². The normalized spacial score (nSPS) is 11.9. The van der Waals surface area contributed by atoms with Crippen molar-refractivity contribution in [3.63, 3.8) is 0 Å². The summed E-state index contributed by atoms with van der Waals surface area (Å²) in [4.78, 5) is 4.84. The fourth-order valence-electron chi connectivity index (χ4n) is 3.79. The van der Waals surface area contributed by atoms with Gasteiger partial charge in [-0.05, 0) is 91.7 Å². The molecule has 0 aliphatic rings. The van der Waals surface area contributed by atoms with Crippen LogP contribution in [0.4, 0.5) is 11.4 Å². The van der Waals surface area contributed by atoms with Crippen LogP contribution in [0.2, 0.25) is 0 Å². The first-order valence-corrected chi connectivity index (χ1v) is 14.3. The highest BCUT2D eigenvalue weighted by Crippen LogP contribution is 2.28. The van der Waals surface area contributed by atoms with Gasteiger partial charge in [-0.25, -0.2) is 21.8 Å². The van der Waals surface area contributed by atoms with Crippen LogP contribution in [0.3, 0.4) is 0 Å². The van der Waals surface area contributed by atoms with E-state index in [0.717, 1.165) is 11.1 Å². The van der Waals surface area contributed by atoms with Crippen LogP contribution in [-0.4, -0.2) is 21.8 Å². The summed E-state index contributed by atoms with van der Waals surface area (Å²) in [5.41, 5.74) is 4.04. The maximum atomic E-state index is 12.8. The van der Waals surface area contributed by atoms with Gasteiger partial charge in [0.1, 0.15) is 5.52 Å². The Morgan fingerprint density at radius 2 is 1.19 bits per heavy atom. The zero-order valence-electron chi connectivity index (χ0n) is 20.0. The predicted octanol–water partition coefficient (Wildman–Crippen LogP) is 5.71. The zero-order valence-corrected chi connectivity index (χ0v) is 21.6. The molecule has 0 bridgehead atoms. The highest BCUT2D eigenvalue weighted by atomic mass is 32.2. The molecule has 5 rings (SSSR count). The maximum Gasteiger partial charge on any atom is 0.261 e. The SMILES string of the molecule is Cc1cccc(S(=O)(=O)Nc2ccc(-c3nc4cc(NS(=O)(=O)c5cccc(C)c5)ccc4o3)cc2)c1. The number of nitrogens with zero attached hydrogens (tertiary/aromatic N) is 1. The summed E-state index contributed by atoms with van der Waals surface area (Å²) in [7, 11) is -7.48. The summed E-state index contributed by atoms with van der Waals surface area (Å²) in [5, 5.41) is 0. The monoisotopic (exact) mass is 533 g/mol. The van der Waals surface area contributed by atoms with E-state index in [0.29, 0.717) is 33.9 Å². The van der Waals surface area contributed by atoms with Gasteiger partial charge in [-0.15, -0.1) is 0 Å². The summed E-state index contributed by atoms with van der Waals surface area (Å²) in [6.07, 6.45) is 0. The molecule has 1 aromatic heterocycles. The van der Waals surface area contributed by atoms with Gasteiger partial charge >= 0.3 is 0 Å². The van der Waals surface area contributed by atoms with Crippen molar-refractivity contribution in [1.29, 1.82) is 0 Å². The minimum atomic E-state index is -3.76. The van der Waals surface area contributed by atoms with Gasteiger partial charge in [0.2, 0.25) is 5.89 Å². The fourth-order valence-corrected chi connectivity index (χ4v) is 6.11. The molecule has 0 saturated carbocycles. The average molecular weight is 534 g/mol. The number of anilines is 2. The molecule has 10 heteroatoms. The number of hydrogen-bond donors (Lipinski definition) is 2. The molecule has 0 spiro atoms. The minimum absolute atomic E-state index is 0.173. The summed E-state index contributed by atoms with van der Waals surface area (Å²) in [6.45, 7) is 3.66. The Morgan fingerprint density at radius 3 is 1.76 bits per heavy atom. The molecule has 2 N–H and O–H groups in total. The molecule has 8 nitrogen and oxygen atoms in total. The molecule has 1 heterocycles. The van der Waals surface area contributed by atoms with Crippen molar-refractivity contribution in [3.8, 4) is 11.5 Å². The van der Waals surface area contributed by atoms with Gasteiger partial charge < -0.3 is 4.42 Å². The number of fused-ring (bicyclic) bond motifs is 1. The van der Waals surface area contributed by atoms with Crippen LogP contribution in [0, 0.1) is 13.8 Å². The quantitative estimate of drug-likeness (QED) is 0.277. The molecule has 0 amide bonds. The van der Waals surface area contributed by atoms with Crippen LogP contribution >= 0.6 is 0 Å². The minimum Gasteiger partial charge on any atom is -0.436 e. The predicted molar refractivity (Wildman–Crippen MR) is 143 cm³/mol. The number of sulfonamides is 2. The van der Waals surface area contributed by atoms with Crippen molar-refractivity contribution >= 4 is 42.5 Å². The second-order valence-corrected chi connectivity index (χ2v) is 12.0. The van der Waals surface area contributed by atoms with E-state index in [2.05, 4.69) is 14.4 Å². The van der Waals surface area contributed by atoms with Gasteiger partial charge in [-0.2, -0.15) is 0 Å². The van der Waals surface area contributed by atoms with Gasteiger partial charge in [-0.3, -0.25) is 9.44 Å². The van der Waals surface area contributed by atoms with Crippen molar-refractivity contribution in [2.24, 2.45) is 0 Å². The van der Waals surface area contributed by atoms with Crippen LogP contribution in [-0.2, 0) is 20.0 Å². The van der Waals surface area contributed by atoms with E-state index in [1.165, 1.54) is 12.1 Å². The molecule has 0 atom stereocenters. The molecule has 0 aliphatic heterocycles. The van der Waals surface area contributed by atoms with Crippen molar-refractivity contribution in [2.75, 3.05) is 9.44 Å². The summed E-state index contributed by atoms with van der Waals surface area (Å²) < 4.78 is 61.8. The number of aryl methyl sites for hydroxylation is 2. The average Bonchev–Trinajstić information content (AvgIpc) is 3.27. The van der Waals surface area contributed by atoms with Crippen molar-refractivity contribution in [3.05, 3.63) is 102 Å². The Bertz CT molecular complexity index is 1830. The third-order valence-electron chi connectivity index (χ3n) is 5.62. The molecule has 0 fully saturated rings. The molecule has 4 aromatic carbocycles. The van der Waals surface area contributed by atoms with Crippen LogP contribution in [0.25, 0.3) is 22.6 Å². The van der Waals surface area contributed by atoms with E-state index in [9.17, 15) is 16.8 Å². The first kappa shape index (κ1) is 24.5. The standard InChI is InChI=1S/C27H23N3O5S2/c1-18-5-3-7-23(15-18)36(31,32)29-21-11-9-20(10-12-21)27-28-25-17-22(13-14-26(25)35-27)30-37(33,34)24-8-4-6-19(2)16-24/h3-17,29-30H,1-2H3.